The van der Waals surface area contributed by atoms with Crippen molar-refractivity contribution in [2.45, 2.75) is 6.92 Å². The lowest BCUT2D eigenvalue weighted by molar-refractivity contribution is -0.113. The van der Waals surface area contributed by atoms with Gasteiger partial charge in [0, 0.05) is 16.8 Å². The Hall–Kier alpha value is -4.55. The van der Waals surface area contributed by atoms with Crippen LogP contribution in [0.1, 0.15) is 37.4 Å². The number of carbonyl (C=O) groups excluding carboxylic acids is 3. The number of aryl methyl sites for hydroxylation is 1. The van der Waals surface area contributed by atoms with Gasteiger partial charge in [-0.05, 0) is 83.4 Å². The summed E-state index contributed by atoms with van der Waals surface area (Å²) in [7, 11) is 0. The molecule has 0 aliphatic rings. The number of hydrogen-bond acceptors (Lipinski definition) is 4. The van der Waals surface area contributed by atoms with Gasteiger partial charge < -0.3 is 10.6 Å². The van der Waals surface area contributed by atoms with E-state index < -0.39 is 5.91 Å². The fourth-order valence-corrected chi connectivity index (χ4v) is 3.95. The largest absolute Gasteiger partial charge is 0.321 e. The van der Waals surface area contributed by atoms with Gasteiger partial charge in [-0.25, -0.2) is 0 Å². The number of thiophene rings is 1. The fourth-order valence-electron chi connectivity index (χ4n) is 3.33. The Balaban J connectivity index is 1.50. The zero-order chi connectivity index (χ0) is 25.3. The minimum Gasteiger partial charge on any atom is -0.321 e. The summed E-state index contributed by atoms with van der Waals surface area (Å²) in [6.07, 6.45) is 4.92. The normalized spacial score (nSPS) is 11.3. The van der Waals surface area contributed by atoms with Gasteiger partial charge in [0.25, 0.3) is 11.8 Å². The lowest BCUT2D eigenvalue weighted by Gasteiger charge is -2.12. The topological polar surface area (TPSA) is 75.3 Å². The first-order valence-corrected chi connectivity index (χ1v) is 12.2. The van der Waals surface area contributed by atoms with Crippen LogP contribution < -0.4 is 10.6 Å². The maximum atomic E-state index is 13.1. The third-order valence-electron chi connectivity index (χ3n) is 5.31. The van der Waals surface area contributed by atoms with E-state index in [9.17, 15) is 14.4 Å². The second-order valence-electron chi connectivity index (χ2n) is 8.07. The van der Waals surface area contributed by atoms with Gasteiger partial charge in [-0.1, -0.05) is 54.1 Å². The van der Waals surface area contributed by atoms with E-state index in [0.717, 1.165) is 16.7 Å². The number of ketones is 1. The molecule has 6 heteroatoms. The predicted octanol–water partition coefficient (Wildman–Crippen LogP) is 6.36. The summed E-state index contributed by atoms with van der Waals surface area (Å²) < 4.78 is 0. The van der Waals surface area contributed by atoms with Crippen LogP contribution in [0.25, 0.3) is 12.2 Å². The maximum Gasteiger partial charge on any atom is 0.272 e. The second kappa shape index (κ2) is 11.7. The number of carbonyl (C=O) groups is 3. The Morgan fingerprint density at radius 1 is 0.778 bits per heavy atom. The zero-order valence-corrected chi connectivity index (χ0v) is 20.4. The van der Waals surface area contributed by atoms with E-state index in [1.54, 1.807) is 72.0 Å². The lowest BCUT2D eigenvalue weighted by Crippen LogP contribution is -2.30. The molecule has 0 aliphatic heterocycles. The molecule has 0 aliphatic carbocycles. The molecule has 0 unspecified atom stereocenters. The first kappa shape index (κ1) is 24.6. The number of anilines is 1. The molecule has 1 aromatic heterocycles. The summed E-state index contributed by atoms with van der Waals surface area (Å²) >= 11 is 1.57. The molecule has 2 amide bonds. The Bertz CT molecular complexity index is 1400. The summed E-state index contributed by atoms with van der Waals surface area (Å²) in [4.78, 5) is 38.3. The van der Waals surface area contributed by atoms with Crippen LogP contribution in [0.4, 0.5) is 5.69 Å². The van der Waals surface area contributed by atoms with Gasteiger partial charge in [0.05, 0.1) is 0 Å². The van der Waals surface area contributed by atoms with Crippen LogP contribution in [-0.2, 0) is 4.79 Å². The minimum absolute atomic E-state index is 0.103. The van der Waals surface area contributed by atoms with E-state index in [0.29, 0.717) is 16.8 Å². The highest BCUT2D eigenvalue weighted by Gasteiger charge is 2.15. The number of amides is 2. The van der Waals surface area contributed by atoms with Crippen molar-refractivity contribution < 1.29 is 14.4 Å². The Kier molecular flexibility index (Phi) is 8.01. The molecule has 4 rings (SSSR count). The molecule has 4 aromatic rings. The Labute approximate surface area is 213 Å². The van der Waals surface area contributed by atoms with E-state index in [2.05, 4.69) is 10.6 Å². The third kappa shape index (κ3) is 6.74. The lowest BCUT2D eigenvalue weighted by atomic mass is 10.1. The SMILES string of the molecule is Cc1ccc(/C=C(\NC(=O)c2ccccc2)C(=O)Nc2ccc(C(=O)/C=C/c3ccsc3)cc2)cc1. The van der Waals surface area contributed by atoms with Crippen molar-refractivity contribution in [2.24, 2.45) is 0 Å². The molecule has 36 heavy (non-hydrogen) atoms. The van der Waals surface area contributed by atoms with Gasteiger partial charge in [-0.15, -0.1) is 0 Å². The van der Waals surface area contributed by atoms with E-state index in [1.165, 1.54) is 6.08 Å². The van der Waals surface area contributed by atoms with Crippen LogP contribution in [0.5, 0.6) is 0 Å². The van der Waals surface area contributed by atoms with E-state index in [4.69, 9.17) is 0 Å². The number of rotatable bonds is 8. The summed E-state index contributed by atoms with van der Waals surface area (Å²) in [5.41, 5.74) is 4.39. The second-order valence-corrected chi connectivity index (χ2v) is 8.85. The molecule has 0 spiro atoms. The third-order valence-corrected chi connectivity index (χ3v) is 6.02. The maximum absolute atomic E-state index is 13.1. The monoisotopic (exact) mass is 492 g/mol. The molecule has 178 valence electrons. The molecule has 0 saturated carbocycles. The molecule has 0 bridgehead atoms. The van der Waals surface area contributed by atoms with E-state index in [1.807, 2.05) is 54.1 Å². The summed E-state index contributed by atoms with van der Waals surface area (Å²) in [6.45, 7) is 1.98. The van der Waals surface area contributed by atoms with Crippen molar-refractivity contribution >= 4 is 46.8 Å². The van der Waals surface area contributed by atoms with Crippen LogP contribution in [-0.4, -0.2) is 17.6 Å². The van der Waals surface area contributed by atoms with Crippen molar-refractivity contribution in [1.82, 2.24) is 5.32 Å². The number of hydrogen-bond donors (Lipinski definition) is 2. The summed E-state index contributed by atoms with van der Waals surface area (Å²) in [5, 5.41) is 9.43. The van der Waals surface area contributed by atoms with E-state index >= 15 is 0 Å². The van der Waals surface area contributed by atoms with Gasteiger partial charge in [-0.2, -0.15) is 11.3 Å². The zero-order valence-electron chi connectivity index (χ0n) is 19.6. The number of nitrogens with one attached hydrogen (secondary N) is 2. The molecule has 0 radical (unpaired) electrons. The van der Waals surface area contributed by atoms with Gasteiger partial charge in [-0.3, -0.25) is 14.4 Å². The quantitative estimate of drug-likeness (QED) is 0.222. The molecule has 2 N–H and O–H groups in total. The molecule has 1 heterocycles. The molecular weight excluding hydrogens is 468 g/mol. The average Bonchev–Trinajstić information content (AvgIpc) is 3.43. The van der Waals surface area contributed by atoms with Crippen molar-refractivity contribution in [3.63, 3.8) is 0 Å². The Morgan fingerprint density at radius 3 is 2.17 bits per heavy atom. The van der Waals surface area contributed by atoms with Crippen LogP contribution in [0.3, 0.4) is 0 Å². The van der Waals surface area contributed by atoms with Crippen LogP contribution in [0, 0.1) is 6.92 Å². The number of allylic oxidation sites excluding steroid dienone is 1. The highest BCUT2D eigenvalue weighted by molar-refractivity contribution is 7.08. The van der Waals surface area contributed by atoms with Gasteiger partial charge in [0.15, 0.2) is 5.78 Å². The van der Waals surface area contributed by atoms with Crippen LogP contribution >= 0.6 is 11.3 Å². The molecule has 5 nitrogen and oxygen atoms in total. The highest BCUT2D eigenvalue weighted by Crippen LogP contribution is 2.15. The minimum atomic E-state index is -0.476. The smallest absolute Gasteiger partial charge is 0.272 e. The Morgan fingerprint density at radius 2 is 1.50 bits per heavy atom. The standard InChI is InChI=1S/C30H24N2O3S/c1-21-7-9-22(10-8-21)19-27(32-29(34)25-5-3-2-4-6-25)30(35)31-26-14-12-24(13-15-26)28(33)16-11-23-17-18-36-20-23/h2-20H,1H3,(H,31,35)(H,32,34)/b16-11+,27-19-. The van der Waals surface area contributed by atoms with E-state index in [-0.39, 0.29) is 17.4 Å². The van der Waals surface area contributed by atoms with Crippen molar-refractivity contribution in [3.05, 3.63) is 135 Å². The summed E-state index contributed by atoms with van der Waals surface area (Å²) in [5.74, 6) is -0.993. The fraction of sp³-hybridized carbons (Fsp3) is 0.0333. The van der Waals surface area contributed by atoms with Crippen LogP contribution in [0.2, 0.25) is 0 Å². The highest BCUT2D eigenvalue weighted by atomic mass is 32.1. The molecule has 0 atom stereocenters. The van der Waals surface area contributed by atoms with Gasteiger partial charge >= 0.3 is 0 Å². The first-order valence-electron chi connectivity index (χ1n) is 11.3. The summed E-state index contributed by atoms with van der Waals surface area (Å²) in [6, 6.07) is 24.9. The molecular formula is C30H24N2O3S. The average molecular weight is 493 g/mol. The van der Waals surface area contributed by atoms with Gasteiger partial charge in [0.1, 0.15) is 5.70 Å². The number of benzene rings is 3. The molecule has 0 saturated heterocycles. The van der Waals surface area contributed by atoms with Crippen molar-refractivity contribution in [2.75, 3.05) is 5.32 Å². The molecule has 3 aromatic carbocycles. The van der Waals surface area contributed by atoms with Crippen molar-refractivity contribution in [3.8, 4) is 0 Å². The van der Waals surface area contributed by atoms with Crippen LogP contribution in [0.15, 0.2) is 107 Å². The van der Waals surface area contributed by atoms with Crippen molar-refractivity contribution in [1.29, 1.82) is 0 Å². The predicted molar refractivity (Wildman–Crippen MR) is 146 cm³/mol. The first-order chi connectivity index (χ1) is 17.5. The van der Waals surface area contributed by atoms with Gasteiger partial charge in [0.2, 0.25) is 0 Å². The molecule has 0 fully saturated rings.